The average molecular weight is 253 g/mol. The SMILES string of the molecule is Cc1cc(Cl)cc(C)c1OC1CC(=O)C1(C)C. The summed E-state index contributed by atoms with van der Waals surface area (Å²) < 4.78 is 5.97. The summed E-state index contributed by atoms with van der Waals surface area (Å²) in [6.45, 7) is 7.82. The summed E-state index contributed by atoms with van der Waals surface area (Å²) in [5.41, 5.74) is 1.67. The molecule has 1 atom stereocenters. The fraction of sp³-hybridized carbons (Fsp3) is 0.500. The highest BCUT2D eigenvalue weighted by atomic mass is 35.5. The van der Waals surface area contributed by atoms with Crippen LogP contribution in [0.4, 0.5) is 0 Å². The van der Waals surface area contributed by atoms with E-state index in [1.54, 1.807) is 0 Å². The van der Waals surface area contributed by atoms with Crippen LogP contribution in [0.2, 0.25) is 5.02 Å². The lowest BCUT2D eigenvalue weighted by molar-refractivity contribution is -0.148. The Balaban J connectivity index is 2.24. The third kappa shape index (κ3) is 2.06. The van der Waals surface area contributed by atoms with Gasteiger partial charge in [-0.3, -0.25) is 4.79 Å². The smallest absolute Gasteiger partial charge is 0.145 e. The Kier molecular flexibility index (Phi) is 2.94. The molecule has 1 aromatic carbocycles. The zero-order valence-corrected chi connectivity index (χ0v) is 11.4. The fourth-order valence-corrected chi connectivity index (χ4v) is 2.48. The zero-order chi connectivity index (χ0) is 12.8. The number of hydrogen-bond acceptors (Lipinski definition) is 2. The standard InChI is InChI=1S/C14H17ClO2/c1-8-5-10(15)6-9(2)13(8)17-12-7-11(16)14(12,3)4/h5-6,12H,7H2,1-4H3. The molecule has 0 saturated heterocycles. The van der Waals surface area contributed by atoms with Crippen molar-refractivity contribution in [1.29, 1.82) is 0 Å². The third-order valence-electron chi connectivity index (χ3n) is 3.58. The topological polar surface area (TPSA) is 26.3 Å². The van der Waals surface area contributed by atoms with Crippen molar-refractivity contribution in [3.63, 3.8) is 0 Å². The summed E-state index contributed by atoms with van der Waals surface area (Å²) in [7, 11) is 0. The second kappa shape index (κ2) is 4.02. The van der Waals surface area contributed by atoms with Crippen LogP contribution in [0.15, 0.2) is 12.1 Å². The molecule has 1 unspecified atom stereocenters. The summed E-state index contributed by atoms with van der Waals surface area (Å²) in [5, 5.41) is 0.719. The Morgan fingerprint density at radius 3 is 2.24 bits per heavy atom. The number of aryl methyl sites for hydroxylation is 2. The highest BCUT2D eigenvalue weighted by Gasteiger charge is 2.49. The number of ether oxygens (including phenoxy) is 1. The molecule has 1 fully saturated rings. The van der Waals surface area contributed by atoms with Crippen molar-refractivity contribution < 1.29 is 9.53 Å². The zero-order valence-electron chi connectivity index (χ0n) is 10.6. The molecule has 0 spiro atoms. The molecule has 2 nitrogen and oxygen atoms in total. The molecule has 0 radical (unpaired) electrons. The molecule has 0 heterocycles. The Bertz CT molecular complexity index is 454. The van der Waals surface area contributed by atoms with E-state index in [4.69, 9.17) is 16.3 Å². The van der Waals surface area contributed by atoms with Gasteiger partial charge in [0.2, 0.25) is 0 Å². The Morgan fingerprint density at radius 1 is 1.29 bits per heavy atom. The van der Waals surface area contributed by atoms with E-state index in [0.29, 0.717) is 6.42 Å². The fourth-order valence-electron chi connectivity index (χ4n) is 2.15. The van der Waals surface area contributed by atoms with Crippen LogP contribution in [0.5, 0.6) is 5.75 Å². The minimum absolute atomic E-state index is 0.0198. The van der Waals surface area contributed by atoms with E-state index in [0.717, 1.165) is 21.9 Å². The van der Waals surface area contributed by atoms with E-state index in [1.807, 2.05) is 39.8 Å². The maximum atomic E-state index is 11.5. The first kappa shape index (κ1) is 12.4. The molecule has 1 saturated carbocycles. The number of rotatable bonds is 2. The largest absolute Gasteiger partial charge is 0.488 e. The average Bonchev–Trinajstić information content (AvgIpc) is 2.21. The minimum Gasteiger partial charge on any atom is -0.488 e. The molecular formula is C14H17ClO2. The molecule has 0 aliphatic heterocycles. The predicted octanol–water partition coefficient (Wildman–Crippen LogP) is 3.70. The van der Waals surface area contributed by atoms with Crippen molar-refractivity contribution in [2.24, 2.45) is 5.41 Å². The molecule has 0 amide bonds. The molecule has 1 aliphatic carbocycles. The van der Waals surface area contributed by atoms with Gasteiger partial charge >= 0.3 is 0 Å². The maximum Gasteiger partial charge on any atom is 0.145 e. The van der Waals surface area contributed by atoms with Gasteiger partial charge in [-0.15, -0.1) is 0 Å². The number of carbonyl (C=O) groups excluding carboxylic acids is 1. The lowest BCUT2D eigenvalue weighted by Crippen LogP contribution is -2.53. The first-order chi connectivity index (χ1) is 7.82. The van der Waals surface area contributed by atoms with Crippen LogP contribution < -0.4 is 4.74 Å². The highest BCUT2D eigenvalue weighted by Crippen LogP contribution is 2.41. The van der Waals surface area contributed by atoms with Gasteiger partial charge in [-0.1, -0.05) is 11.6 Å². The predicted molar refractivity (Wildman–Crippen MR) is 68.7 cm³/mol. The van der Waals surface area contributed by atoms with Crippen LogP contribution in [0.25, 0.3) is 0 Å². The van der Waals surface area contributed by atoms with Crippen molar-refractivity contribution >= 4 is 17.4 Å². The van der Waals surface area contributed by atoms with Gasteiger partial charge < -0.3 is 4.74 Å². The molecule has 1 aliphatic rings. The Morgan fingerprint density at radius 2 is 1.82 bits per heavy atom. The van der Waals surface area contributed by atoms with E-state index >= 15 is 0 Å². The maximum absolute atomic E-state index is 11.5. The van der Waals surface area contributed by atoms with Crippen LogP contribution in [0.1, 0.15) is 31.4 Å². The van der Waals surface area contributed by atoms with Crippen LogP contribution in [0.3, 0.4) is 0 Å². The highest BCUT2D eigenvalue weighted by molar-refractivity contribution is 6.30. The summed E-state index contributed by atoms with van der Waals surface area (Å²) in [6.07, 6.45) is 0.489. The second-order valence-electron chi connectivity index (χ2n) is 5.32. The first-order valence-corrected chi connectivity index (χ1v) is 6.17. The van der Waals surface area contributed by atoms with Crippen molar-refractivity contribution in [2.75, 3.05) is 0 Å². The van der Waals surface area contributed by atoms with Crippen molar-refractivity contribution in [3.05, 3.63) is 28.3 Å². The summed E-state index contributed by atoms with van der Waals surface area (Å²) in [6, 6.07) is 3.77. The number of hydrogen-bond donors (Lipinski definition) is 0. The van der Waals surface area contributed by atoms with Crippen LogP contribution >= 0.6 is 11.6 Å². The van der Waals surface area contributed by atoms with Gasteiger partial charge in [0.15, 0.2) is 0 Å². The van der Waals surface area contributed by atoms with E-state index in [2.05, 4.69) is 0 Å². The summed E-state index contributed by atoms with van der Waals surface area (Å²) in [4.78, 5) is 11.5. The molecule has 17 heavy (non-hydrogen) atoms. The van der Waals surface area contributed by atoms with Gasteiger partial charge in [0.1, 0.15) is 17.6 Å². The van der Waals surface area contributed by atoms with Gasteiger partial charge in [0.05, 0.1) is 5.41 Å². The van der Waals surface area contributed by atoms with Crippen molar-refractivity contribution in [3.8, 4) is 5.75 Å². The van der Waals surface area contributed by atoms with E-state index in [1.165, 1.54) is 0 Å². The molecular weight excluding hydrogens is 236 g/mol. The summed E-state index contributed by atoms with van der Waals surface area (Å²) >= 11 is 5.98. The molecule has 0 bridgehead atoms. The monoisotopic (exact) mass is 252 g/mol. The van der Waals surface area contributed by atoms with E-state index in [-0.39, 0.29) is 17.3 Å². The quantitative estimate of drug-likeness (QED) is 0.802. The Hall–Kier alpha value is -1.02. The van der Waals surface area contributed by atoms with E-state index < -0.39 is 0 Å². The molecule has 2 rings (SSSR count). The lowest BCUT2D eigenvalue weighted by Gasteiger charge is -2.42. The number of carbonyl (C=O) groups is 1. The van der Waals surface area contributed by atoms with Gasteiger partial charge in [0, 0.05) is 11.4 Å². The van der Waals surface area contributed by atoms with Crippen molar-refractivity contribution in [2.45, 2.75) is 40.2 Å². The van der Waals surface area contributed by atoms with Gasteiger partial charge in [0.25, 0.3) is 0 Å². The van der Waals surface area contributed by atoms with Gasteiger partial charge in [-0.05, 0) is 51.0 Å². The lowest BCUT2D eigenvalue weighted by atomic mass is 9.68. The van der Waals surface area contributed by atoms with Crippen LogP contribution in [-0.4, -0.2) is 11.9 Å². The van der Waals surface area contributed by atoms with E-state index in [9.17, 15) is 4.79 Å². The van der Waals surface area contributed by atoms with Gasteiger partial charge in [-0.2, -0.15) is 0 Å². The number of Topliss-reactive ketones (excluding diaryl/α,β-unsaturated/α-hetero) is 1. The Labute approximate surface area is 107 Å². The summed E-state index contributed by atoms with van der Waals surface area (Å²) in [5.74, 6) is 1.13. The molecule has 1 aromatic rings. The third-order valence-corrected chi connectivity index (χ3v) is 3.80. The normalized spacial score (nSPS) is 22.2. The van der Waals surface area contributed by atoms with Crippen molar-refractivity contribution in [1.82, 2.24) is 0 Å². The molecule has 0 N–H and O–H groups in total. The molecule has 0 aromatic heterocycles. The molecule has 92 valence electrons. The number of halogens is 1. The van der Waals surface area contributed by atoms with Crippen LogP contribution in [0, 0.1) is 19.3 Å². The second-order valence-corrected chi connectivity index (χ2v) is 5.76. The molecule has 3 heteroatoms. The number of ketones is 1. The van der Waals surface area contributed by atoms with Crippen LogP contribution in [-0.2, 0) is 4.79 Å². The van der Waals surface area contributed by atoms with Gasteiger partial charge in [-0.25, -0.2) is 0 Å². The first-order valence-electron chi connectivity index (χ1n) is 5.79. The minimum atomic E-state index is -0.363. The number of benzene rings is 1.